The van der Waals surface area contributed by atoms with Gasteiger partial charge in [0.15, 0.2) is 0 Å². The molecule has 1 aromatic heterocycles. The second kappa shape index (κ2) is 7.49. The minimum atomic E-state index is -0.0682. The van der Waals surface area contributed by atoms with Crippen LogP contribution >= 0.6 is 0 Å². The normalized spacial score (nSPS) is 19.1. The maximum absolute atomic E-state index is 12.6. The van der Waals surface area contributed by atoms with Gasteiger partial charge in [-0.05, 0) is 31.0 Å². The molecule has 1 aromatic carbocycles. The Labute approximate surface area is 142 Å². The van der Waals surface area contributed by atoms with Crippen LogP contribution in [0.25, 0.3) is 5.69 Å². The van der Waals surface area contributed by atoms with Crippen molar-refractivity contribution in [3.63, 3.8) is 0 Å². The van der Waals surface area contributed by atoms with Crippen LogP contribution in [0, 0.1) is 0 Å². The number of nitrogens with one attached hydrogen (secondary N) is 1. The Balaban J connectivity index is 1.69. The molecule has 128 valence electrons. The number of carbonyl (C=O) groups excluding carboxylic acids is 1. The Bertz CT molecular complexity index is 671. The molecule has 1 aliphatic rings. The van der Waals surface area contributed by atoms with Crippen molar-refractivity contribution in [3.05, 3.63) is 48.5 Å². The Kier molecular flexibility index (Phi) is 5.15. The van der Waals surface area contributed by atoms with E-state index in [1.54, 1.807) is 12.5 Å². The third-order valence-electron chi connectivity index (χ3n) is 4.47. The molecule has 1 N–H and O–H groups in total. The Morgan fingerprint density at radius 2 is 2.38 bits per heavy atom. The molecule has 0 aliphatic carbocycles. The Morgan fingerprint density at radius 3 is 3.12 bits per heavy atom. The zero-order valence-electron chi connectivity index (χ0n) is 14.2. The Morgan fingerprint density at radius 1 is 1.50 bits per heavy atom. The first-order chi connectivity index (χ1) is 11.7. The fourth-order valence-electron chi connectivity index (χ4n) is 2.98. The number of hydrogen-bond acceptors (Lipinski definition) is 3. The van der Waals surface area contributed by atoms with E-state index in [1.807, 2.05) is 40.8 Å². The molecule has 0 bridgehead atoms. The van der Waals surface area contributed by atoms with Crippen molar-refractivity contribution in [3.8, 4) is 5.69 Å². The molecule has 3 rings (SSSR count). The first kappa shape index (κ1) is 16.5. The van der Waals surface area contributed by atoms with E-state index in [1.165, 1.54) is 0 Å². The third-order valence-corrected chi connectivity index (χ3v) is 4.47. The predicted molar refractivity (Wildman–Crippen MR) is 92.1 cm³/mol. The van der Waals surface area contributed by atoms with Crippen LogP contribution in [0.15, 0.2) is 43.0 Å². The van der Waals surface area contributed by atoms with Gasteiger partial charge in [-0.3, -0.25) is 0 Å². The molecule has 0 radical (unpaired) electrons. The van der Waals surface area contributed by atoms with Gasteiger partial charge in [-0.2, -0.15) is 0 Å². The number of rotatable bonds is 4. The van der Waals surface area contributed by atoms with Crippen LogP contribution in [0.5, 0.6) is 0 Å². The number of ether oxygens (including phenoxy) is 1. The number of urea groups is 1. The lowest BCUT2D eigenvalue weighted by molar-refractivity contribution is 0.0108. The zero-order valence-corrected chi connectivity index (χ0v) is 14.2. The van der Waals surface area contributed by atoms with Crippen LogP contribution in [0.1, 0.15) is 31.9 Å². The summed E-state index contributed by atoms with van der Waals surface area (Å²) in [5.74, 6) is 0. The lowest BCUT2D eigenvalue weighted by Gasteiger charge is -2.35. The molecule has 1 saturated heterocycles. The first-order valence-electron chi connectivity index (χ1n) is 8.42. The van der Waals surface area contributed by atoms with Crippen molar-refractivity contribution in [2.45, 2.75) is 32.4 Å². The van der Waals surface area contributed by atoms with E-state index < -0.39 is 0 Å². The molecular formula is C18H24N4O2. The second-order valence-electron chi connectivity index (χ2n) is 6.07. The van der Waals surface area contributed by atoms with Crippen molar-refractivity contribution >= 4 is 6.03 Å². The third kappa shape index (κ3) is 3.59. The first-order valence-corrected chi connectivity index (χ1v) is 8.42. The summed E-state index contributed by atoms with van der Waals surface area (Å²) in [6.45, 7) is 5.96. The highest BCUT2D eigenvalue weighted by atomic mass is 16.5. The summed E-state index contributed by atoms with van der Waals surface area (Å²) >= 11 is 0. The molecule has 1 aliphatic heterocycles. The molecule has 6 heteroatoms. The topological polar surface area (TPSA) is 59.4 Å². The zero-order chi connectivity index (χ0) is 16.9. The lowest BCUT2D eigenvalue weighted by Crippen LogP contribution is -2.52. The van der Waals surface area contributed by atoms with E-state index in [0.717, 1.165) is 17.7 Å². The summed E-state index contributed by atoms with van der Waals surface area (Å²) in [5, 5.41) is 3.11. The molecule has 0 spiro atoms. The number of amides is 2. The summed E-state index contributed by atoms with van der Waals surface area (Å²) in [5.41, 5.74) is 2.10. The number of nitrogens with zero attached hydrogens (tertiary/aromatic N) is 3. The molecule has 6 nitrogen and oxygen atoms in total. The van der Waals surface area contributed by atoms with Crippen molar-refractivity contribution in [1.82, 2.24) is 19.8 Å². The summed E-state index contributed by atoms with van der Waals surface area (Å²) in [6.07, 6.45) is 6.32. The van der Waals surface area contributed by atoms with E-state index in [2.05, 4.69) is 23.3 Å². The van der Waals surface area contributed by atoms with Gasteiger partial charge < -0.3 is 19.5 Å². The largest absolute Gasteiger partial charge is 0.377 e. The number of aromatic nitrogens is 2. The maximum Gasteiger partial charge on any atom is 0.318 e. The van der Waals surface area contributed by atoms with Gasteiger partial charge in [0.05, 0.1) is 31.6 Å². The average molecular weight is 328 g/mol. The van der Waals surface area contributed by atoms with Crippen LogP contribution in [0.3, 0.4) is 0 Å². The molecule has 1 fully saturated rings. The van der Waals surface area contributed by atoms with Crippen molar-refractivity contribution < 1.29 is 9.53 Å². The minimum absolute atomic E-state index is 0.0225. The van der Waals surface area contributed by atoms with Crippen molar-refractivity contribution in [2.24, 2.45) is 0 Å². The van der Waals surface area contributed by atoms with Crippen LogP contribution < -0.4 is 5.32 Å². The van der Waals surface area contributed by atoms with Gasteiger partial charge in [-0.1, -0.05) is 19.1 Å². The van der Waals surface area contributed by atoms with Crippen LogP contribution in [-0.2, 0) is 4.74 Å². The predicted octanol–water partition coefficient (Wildman–Crippen LogP) is 2.75. The quantitative estimate of drug-likeness (QED) is 0.939. The van der Waals surface area contributed by atoms with Gasteiger partial charge in [-0.25, -0.2) is 9.78 Å². The van der Waals surface area contributed by atoms with Crippen LogP contribution in [0.4, 0.5) is 4.79 Å². The van der Waals surface area contributed by atoms with Crippen molar-refractivity contribution in [1.29, 1.82) is 0 Å². The minimum Gasteiger partial charge on any atom is -0.377 e. The maximum atomic E-state index is 12.6. The molecule has 2 aromatic rings. The SMILES string of the molecule is CC[C@H]1COCCN1C(=O)N[C@H](C)c1cccc(-n2ccnc2)c1. The number of benzene rings is 1. The molecule has 0 unspecified atom stereocenters. The summed E-state index contributed by atoms with van der Waals surface area (Å²) in [4.78, 5) is 18.6. The van der Waals surface area contributed by atoms with Crippen LogP contribution in [-0.4, -0.2) is 46.3 Å². The van der Waals surface area contributed by atoms with E-state index >= 15 is 0 Å². The molecule has 2 amide bonds. The monoisotopic (exact) mass is 328 g/mol. The molecular weight excluding hydrogens is 304 g/mol. The molecule has 2 heterocycles. The van der Waals surface area contributed by atoms with E-state index in [9.17, 15) is 4.79 Å². The summed E-state index contributed by atoms with van der Waals surface area (Å²) in [7, 11) is 0. The molecule has 2 atom stereocenters. The molecule has 0 saturated carbocycles. The van der Waals surface area contributed by atoms with E-state index in [4.69, 9.17) is 4.74 Å². The highest BCUT2D eigenvalue weighted by Crippen LogP contribution is 2.18. The van der Waals surface area contributed by atoms with Crippen LogP contribution in [0.2, 0.25) is 0 Å². The van der Waals surface area contributed by atoms with Gasteiger partial charge in [0.1, 0.15) is 0 Å². The summed E-state index contributed by atoms with van der Waals surface area (Å²) < 4.78 is 7.42. The second-order valence-corrected chi connectivity index (χ2v) is 6.07. The average Bonchev–Trinajstić information content (AvgIpc) is 3.16. The van der Waals surface area contributed by atoms with E-state index in [0.29, 0.717) is 19.8 Å². The van der Waals surface area contributed by atoms with Gasteiger partial charge in [0.2, 0.25) is 0 Å². The number of imidazole rings is 1. The van der Waals surface area contributed by atoms with Crippen molar-refractivity contribution in [2.75, 3.05) is 19.8 Å². The highest BCUT2D eigenvalue weighted by Gasteiger charge is 2.26. The number of morpholine rings is 1. The lowest BCUT2D eigenvalue weighted by atomic mass is 10.1. The highest BCUT2D eigenvalue weighted by molar-refractivity contribution is 5.75. The Hall–Kier alpha value is -2.34. The fraction of sp³-hybridized carbons (Fsp3) is 0.444. The number of hydrogen-bond donors (Lipinski definition) is 1. The standard InChI is InChI=1S/C18H24N4O2/c1-3-16-12-24-10-9-22(16)18(23)20-14(2)15-5-4-6-17(11-15)21-8-7-19-13-21/h4-8,11,13-14,16H,3,9-10,12H2,1-2H3,(H,20,23)/t14-,16+/m1/s1. The van der Waals surface area contributed by atoms with Gasteiger partial charge >= 0.3 is 6.03 Å². The fourth-order valence-corrected chi connectivity index (χ4v) is 2.98. The van der Waals surface area contributed by atoms with E-state index in [-0.39, 0.29) is 18.1 Å². The molecule has 24 heavy (non-hydrogen) atoms. The smallest absolute Gasteiger partial charge is 0.318 e. The van der Waals surface area contributed by atoms with Gasteiger partial charge in [0.25, 0.3) is 0 Å². The summed E-state index contributed by atoms with van der Waals surface area (Å²) in [6, 6.07) is 8.19. The van der Waals surface area contributed by atoms with Gasteiger partial charge in [-0.15, -0.1) is 0 Å². The number of carbonyl (C=O) groups is 1. The van der Waals surface area contributed by atoms with Gasteiger partial charge in [0, 0.05) is 24.6 Å².